The number of amides is 1. The first-order valence-electron chi connectivity index (χ1n) is 6.90. The van der Waals surface area contributed by atoms with Crippen molar-refractivity contribution in [3.8, 4) is 0 Å². The minimum Gasteiger partial charge on any atom is -0.480 e. The van der Waals surface area contributed by atoms with Crippen LogP contribution in [0.25, 0.3) is 0 Å². The van der Waals surface area contributed by atoms with Gasteiger partial charge in [-0.25, -0.2) is 9.18 Å². The van der Waals surface area contributed by atoms with Crippen LogP contribution in [0.5, 0.6) is 0 Å². The Morgan fingerprint density at radius 1 is 1.36 bits per heavy atom. The summed E-state index contributed by atoms with van der Waals surface area (Å²) < 4.78 is 12.9. The maximum Gasteiger partial charge on any atom is 0.327 e. The average molecular weight is 343 g/mol. The van der Waals surface area contributed by atoms with Gasteiger partial charge in [0.2, 0.25) is 5.91 Å². The van der Waals surface area contributed by atoms with Gasteiger partial charge in [-0.15, -0.1) is 0 Å². The lowest BCUT2D eigenvalue weighted by Crippen LogP contribution is -2.45. The van der Waals surface area contributed by atoms with Crippen LogP contribution in [0.3, 0.4) is 0 Å². The Labute approximate surface area is 137 Å². The van der Waals surface area contributed by atoms with Crippen molar-refractivity contribution in [2.24, 2.45) is 0 Å². The summed E-state index contributed by atoms with van der Waals surface area (Å²) in [7, 11) is 0. The Morgan fingerprint density at radius 2 is 2.05 bits per heavy atom. The molecule has 1 aliphatic heterocycles. The van der Waals surface area contributed by atoms with Crippen molar-refractivity contribution in [2.45, 2.75) is 23.5 Å². The maximum absolute atomic E-state index is 12.9. The van der Waals surface area contributed by atoms with E-state index in [9.17, 15) is 19.1 Å². The monoisotopic (exact) mass is 343 g/mol. The van der Waals surface area contributed by atoms with Crippen molar-refractivity contribution in [3.63, 3.8) is 0 Å². The van der Waals surface area contributed by atoms with Crippen LogP contribution in [-0.2, 0) is 15.3 Å². The van der Waals surface area contributed by atoms with Gasteiger partial charge in [0.1, 0.15) is 11.9 Å². The lowest BCUT2D eigenvalue weighted by Gasteiger charge is -2.24. The maximum atomic E-state index is 12.9. The summed E-state index contributed by atoms with van der Waals surface area (Å²) in [6.45, 7) is 0.484. The molecule has 0 spiro atoms. The number of carbonyl (C=O) groups excluding carboxylic acids is 1. The summed E-state index contributed by atoms with van der Waals surface area (Å²) >= 11 is 2.91. The molecular formula is C15H18FNO3S2. The second kappa shape index (κ2) is 7.87. The van der Waals surface area contributed by atoms with E-state index in [1.807, 2.05) is 6.26 Å². The number of thioether (sulfide) groups is 2. The first kappa shape index (κ1) is 17.1. The molecule has 2 atom stereocenters. The molecule has 0 aliphatic carbocycles. The highest BCUT2D eigenvalue weighted by molar-refractivity contribution is 7.99. The highest BCUT2D eigenvalue weighted by atomic mass is 32.2. The van der Waals surface area contributed by atoms with E-state index in [2.05, 4.69) is 0 Å². The third kappa shape index (κ3) is 4.16. The molecule has 0 radical (unpaired) electrons. The SMILES string of the molecule is CSCC(=O)N1CCC(SCc2ccc(F)cc2)C1C(=O)O. The van der Waals surface area contributed by atoms with Crippen molar-refractivity contribution >= 4 is 35.4 Å². The number of hydrogen-bond acceptors (Lipinski definition) is 4. The van der Waals surface area contributed by atoms with Crippen LogP contribution >= 0.6 is 23.5 Å². The highest BCUT2D eigenvalue weighted by Gasteiger charge is 2.41. The van der Waals surface area contributed by atoms with Gasteiger partial charge in [0, 0.05) is 17.5 Å². The molecule has 22 heavy (non-hydrogen) atoms. The molecule has 1 aromatic carbocycles. The minimum atomic E-state index is -0.955. The van der Waals surface area contributed by atoms with Gasteiger partial charge in [0.15, 0.2) is 0 Å². The fourth-order valence-electron chi connectivity index (χ4n) is 2.50. The third-order valence-corrected chi connectivity index (χ3v) is 5.52. The van der Waals surface area contributed by atoms with Gasteiger partial charge in [0.05, 0.1) is 5.75 Å². The molecule has 0 aromatic heterocycles. The number of halogens is 1. The summed E-state index contributed by atoms with van der Waals surface area (Å²) in [5, 5.41) is 9.31. The van der Waals surface area contributed by atoms with Gasteiger partial charge < -0.3 is 10.0 Å². The van der Waals surface area contributed by atoms with Gasteiger partial charge in [-0.3, -0.25) is 4.79 Å². The summed E-state index contributed by atoms with van der Waals surface area (Å²) in [4.78, 5) is 25.0. The Hall–Kier alpha value is -1.21. The second-order valence-corrected chi connectivity index (χ2v) is 7.16. The first-order valence-corrected chi connectivity index (χ1v) is 9.34. The molecule has 2 rings (SSSR count). The van der Waals surface area contributed by atoms with Crippen LogP contribution in [0.4, 0.5) is 4.39 Å². The van der Waals surface area contributed by atoms with Crippen molar-refractivity contribution < 1.29 is 19.1 Å². The van der Waals surface area contributed by atoms with Crippen LogP contribution in [-0.4, -0.2) is 51.7 Å². The summed E-state index contributed by atoms with van der Waals surface area (Å²) in [5.41, 5.74) is 0.949. The fourth-order valence-corrected chi connectivity index (χ4v) is 4.23. The molecule has 1 fully saturated rings. The normalized spacial score (nSPS) is 21.1. The summed E-state index contributed by atoms with van der Waals surface area (Å²) in [6.07, 6.45) is 2.49. The quantitative estimate of drug-likeness (QED) is 0.860. The van der Waals surface area contributed by atoms with Gasteiger partial charge in [0.25, 0.3) is 0 Å². The number of carbonyl (C=O) groups is 2. The molecule has 1 saturated heterocycles. The number of likely N-dealkylation sites (tertiary alicyclic amines) is 1. The largest absolute Gasteiger partial charge is 0.480 e. The zero-order chi connectivity index (χ0) is 16.1. The predicted octanol–water partition coefficient (Wildman–Crippen LogP) is 2.48. The van der Waals surface area contributed by atoms with Crippen molar-refractivity contribution in [2.75, 3.05) is 18.6 Å². The lowest BCUT2D eigenvalue weighted by molar-refractivity contribution is -0.147. The van der Waals surface area contributed by atoms with Gasteiger partial charge in [-0.2, -0.15) is 23.5 Å². The summed E-state index contributed by atoms with van der Waals surface area (Å²) in [5.74, 6) is -0.446. The molecule has 2 unspecified atom stereocenters. The van der Waals surface area contributed by atoms with E-state index in [-0.39, 0.29) is 17.0 Å². The molecule has 1 aromatic rings. The van der Waals surface area contributed by atoms with E-state index >= 15 is 0 Å². The molecule has 7 heteroatoms. The Bertz CT molecular complexity index is 538. The molecule has 4 nitrogen and oxygen atoms in total. The van der Waals surface area contributed by atoms with Crippen LogP contribution in [0, 0.1) is 5.82 Å². The number of carboxylic acids is 1. The van der Waals surface area contributed by atoms with Gasteiger partial charge >= 0.3 is 5.97 Å². The second-order valence-electron chi connectivity index (χ2n) is 5.07. The molecule has 1 amide bonds. The number of nitrogens with zero attached hydrogens (tertiary/aromatic N) is 1. The summed E-state index contributed by atoms with van der Waals surface area (Å²) in [6, 6.07) is 5.42. The Morgan fingerprint density at radius 3 is 2.64 bits per heavy atom. The molecule has 0 saturated carbocycles. The van der Waals surface area contributed by atoms with Gasteiger partial charge in [-0.05, 0) is 30.4 Å². The molecule has 1 N–H and O–H groups in total. The number of benzene rings is 1. The molecule has 0 bridgehead atoms. The Kier molecular flexibility index (Phi) is 6.14. The van der Waals surface area contributed by atoms with Crippen molar-refractivity contribution in [1.82, 2.24) is 4.90 Å². The molecule has 120 valence electrons. The lowest BCUT2D eigenvalue weighted by atomic mass is 10.2. The zero-order valence-electron chi connectivity index (χ0n) is 12.2. The fraction of sp³-hybridized carbons (Fsp3) is 0.467. The van der Waals surface area contributed by atoms with Crippen LogP contribution in [0.1, 0.15) is 12.0 Å². The van der Waals surface area contributed by atoms with E-state index < -0.39 is 12.0 Å². The number of hydrogen-bond donors (Lipinski definition) is 1. The molecule has 1 heterocycles. The number of carboxylic acid groups (broad SMARTS) is 1. The smallest absolute Gasteiger partial charge is 0.327 e. The topological polar surface area (TPSA) is 57.6 Å². The molecular weight excluding hydrogens is 325 g/mol. The van der Waals surface area contributed by atoms with E-state index in [1.165, 1.54) is 40.6 Å². The van der Waals surface area contributed by atoms with Gasteiger partial charge in [-0.1, -0.05) is 12.1 Å². The standard InChI is InChI=1S/C15H18FNO3S2/c1-21-9-13(18)17-7-6-12(14(17)15(19)20)22-8-10-2-4-11(16)5-3-10/h2-5,12,14H,6-9H2,1H3,(H,19,20). The molecule has 1 aliphatic rings. The number of aliphatic carboxylic acids is 1. The van der Waals surface area contributed by atoms with Crippen LogP contribution < -0.4 is 0 Å². The Balaban J connectivity index is 1.99. The van der Waals surface area contributed by atoms with Crippen molar-refractivity contribution in [1.29, 1.82) is 0 Å². The minimum absolute atomic E-state index is 0.121. The average Bonchev–Trinajstić information content (AvgIpc) is 2.91. The third-order valence-electron chi connectivity index (χ3n) is 3.56. The van der Waals surface area contributed by atoms with E-state index in [1.54, 1.807) is 12.1 Å². The number of rotatable bonds is 6. The van der Waals surface area contributed by atoms with E-state index in [0.29, 0.717) is 24.5 Å². The van der Waals surface area contributed by atoms with Crippen molar-refractivity contribution in [3.05, 3.63) is 35.6 Å². The highest BCUT2D eigenvalue weighted by Crippen LogP contribution is 2.32. The van der Waals surface area contributed by atoms with E-state index in [0.717, 1.165) is 5.56 Å². The zero-order valence-corrected chi connectivity index (χ0v) is 13.8. The predicted molar refractivity (Wildman–Crippen MR) is 87.6 cm³/mol. The van der Waals surface area contributed by atoms with Crippen LogP contribution in [0.2, 0.25) is 0 Å². The first-order chi connectivity index (χ1) is 10.5. The van der Waals surface area contributed by atoms with E-state index in [4.69, 9.17) is 0 Å². The van der Waals surface area contributed by atoms with Crippen LogP contribution in [0.15, 0.2) is 24.3 Å².